The van der Waals surface area contributed by atoms with E-state index < -0.39 is 27.0 Å². The minimum Gasteiger partial charge on any atom is -0.404 e. The first kappa shape index (κ1) is 25.0. The smallest absolute Gasteiger partial charge is 0.404 e. The second-order valence-electron chi connectivity index (χ2n) is 7.79. The van der Waals surface area contributed by atoms with E-state index in [1.54, 1.807) is 28.9 Å². The fourth-order valence-electron chi connectivity index (χ4n) is 3.31. The number of aryl methyl sites for hydroxylation is 1. The maximum Gasteiger partial charge on any atom is 0.573 e. The SMILES string of the molecule is Cc1nn(-c2ccc(Nc3ccc(NS(=O)(=O)c4ccccc4OC(F)(F)F)cc3)nn2)c(C)c1C. The second-order valence-corrected chi connectivity index (χ2v) is 9.44. The molecule has 0 aliphatic heterocycles. The summed E-state index contributed by atoms with van der Waals surface area (Å²) < 4.78 is 71.1. The van der Waals surface area contributed by atoms with Crippen molar-refractivity contribution >= 4 is 27.2 Å². The van der Waals surface area contributed by atoms with Crippen LogP contribution in [0.3, 0.4) is 0 Å². The highest BCUT2D eigenvalue weighted by Crippen LogP contribution is 2.31. The largest absolute Gasteiger partial charge is 0.573 e. The number of benzene rings is 2. The van der Waals surface area contributed by atoms with E-state index in [9.17, 15) is 21.6 Å². The summed E-state index contributed by atoms with van der Waals surface area (Å²) in [5.41, 5.74) is 3.68. The Kier molecular flexibility index (Phi) is 6.59. The third-order valence-corrected chi connectivity index (χ3v) is 6.72. The molecule has 2 aromatic carbocycles. The molecule has 0 aliphatic rings. The maximum atomic E-state index is 12.7. The van der Waals surface area contributed by atoms with Gasteiger partial charge in [-0.15, -0.1) is 23.4 Å². The van der Waals surface area contributed by atoms with Crippen molar-refractivity contribution in [2.45, 2.75) is 32.0 Å². The number of sulfonamides is 1. The first-order valence-electron chi connectivity index (χ1n) is 10.5. The first-order valence-corrected chi connectivity index (χ1v) is 12.0. The van der Waals surface area contributed by atoms with Crippen LogP contribution in [-0.2, 0) is 10.0 Å². The monoisotopic (exact) mass is 518 g/mol. The van der Waals surface area contributed by atoms with Crippen LogP contribution >= 0.6 is 0 Å². The first-order chi connectivity index (χ1) is 16.9. The number of para-hydroxylation sites is 1. The number of ether oxygens (including phenoxy) is 1. The molecule has 2 aromatic heterocycles. The van der Waals surface area contributed by atoms with Gasteiger partial charge < -0.3 is 10.1 Å². The van der Waals surface area contributed by atoms with Crippen LogP contribution in [-0.4, -0.2) is 34.8 Å². The minimum absolute atomic E-state index is 0.142. The Morgan fingerprint density at radius 2 is 1.56 bits per heavy atom. The molecule has 0 saturated heterocycles. The molecule has 2 heterocycles. The van der Waals surface area contributed by atoms with Crippen molar-refractivity contribution in [1.82, 2.24) is 20.0 Å². The van der Waals surface area contributed by atoms with Gasteiger partial charge in [-0.1, -0.05) is 12.1 Å². The molecular formula is C23H21F3N6O3S. The fourth-order valence-corrected chi connectivity index (χ4v) is 4.50. The Bertz CT molecular complexity index is 1490. The average Bonchev–Trinajstić information content (AvgIpc) is 3.07. The van der Waals surface area contributed by atoms with E-state index >= 15 is 0 Å². The van der Waals surface area contributed by atoms with Crippen LogP contribution in [0.5, 0.6) is 5.75 Å². The summed E-state index contributed by atoms with van der Waals surface area (Å²) in [5.74, 6) is 0.186. The minimum atomic E-state index is -5.03. The number of anilines is 3. The zero-order chi connectivity index (χ0) is 26.1. The van der Waals surface area contributed by atoms with E-state index in [-0.39, 0.29) is 5.69 Å². The van der Waals surface area contributed by atoms with E-state index in [1.807, 2.05) is 20.8 Å². The quantitative estimate of drug-likeness (QED) is 0.353. The van der Waals surface area contributed by atoms with E-state index in [1.165, 1.54) is 24.3 Å². The summed E-state index contributed by atoms with van der Waals surface area (Å²) in [5, 5.41) is 15.8. The van der Waals surface area contributed by atoms with Gasteiger partial charge in [0.25, 0.3) is 10.0 Å². The van der Waals surface area contributed by atoms with E-state index in [0.717, 1.165) is 29.1 Å². The van der Waals surface area contributed by atoms with E-state index in [2.05, 4.69) is 30.1 Å². The fraction of sp³-hybridized carbons (Fsp3) is 0.174. The number of alkyl halides is 3. The van der Waals surface area contributed by atoms with Crippen LogP contribution in [0.1, 0.15) is 17.0 Å². The van der Waals surface area contributed by atoms with Crippen molar-refractivity contribution < 1.29 is 26.3 Å². The zero-order valence-electron chi connectivity index (χ0n) is 19.3. The molecule has 0 unspecified atom stereocenters. The molecule has 0 bridgehead atoms. The summed E-state index contributed by atoms with van der Waals surface area (Å²) in [6, 6.07) is 14.0. The van der Waals surface area contributed by atoms with Gasteiger partial charge in [0.05, 0.1) is 5.69 Å². The average molecular weight is 519 g/mol. The van der Waals surface area contributed by atoms with Gasteiger partial charge in [0, 0.05) is 17.1 Å². The molecule has 0 fully saturated rings. The van der Waals surface area contributed by atoms with Crippen molar-refractivity contribution in [2.75, 3.05) is 10.0 Å². The Morgan fingerprint density at radius 1 is 0.889 bits per heavy atom. The predicted octanol–water partition coefficient (Wildman–Crippen LogP) is 5.03. The number of halogens is 3. The molecule has 9 nitrogen and oxygen atoms in total. The summed E-state index contributed by atoms with van der Waals surface area (Å²) in [7, 11) is -4.35. The molecule has 0 spiro atoms. The van der Waals surface area contributed by atoms with Crippen LogP contribution in [0.4, 0.5) is 30.4 Å². The predicted molar refractivity (Wildman–Crippen MR) is 127 cm³/mol. The van der Waals surface area contributed by atoms with Crippen molar-refractivity contribution in [3.8, 4) is 11.6 Å². The Balaban J connectivity index is 1.46. The maximum absolute atomic E-state index is 12.7. The lowest BCUT2D eigenvalue weighted by atomic mass is 10.2. The van der Waals surface area contributed by atoms with Gasteiger partial charge in [-0.3, -0.25) is 4.72 Å². The summed E-state index contributed by atoms with van der Waals surface area (Å²) in [6.45, 7) is 5.85. The number of hydrogen-bond donors (Lipinski definition) is 2. The Morgan fingerprint density at radius 3 is 2.14 bits per heavy atom. The molecule has 188 valence electrons. The van der Waals surface area contributed by atoms with Gasteiger partial charge in [0.2, 0.25) is 0 Å². The lowest BCUT2D eigenvalue weighted by Crippen LogP contribution is -2.20. The van der Waals surface area contributed by atoms with Gasteiger partial charge in [0.15, 0.2) is 11.6 Å². The molecular weight excluding hydrogens is 497 g/mol. The lowest BCUT2D eigenvalue weighted by Gasteiger charge is -2.14. The molecule has 0 aliphatic carbocycles. The zero-order valence-corrected chi connectivity index (χ0v) is 20.1. The van der Waals surface area contributed by atoms with Crippen molar-refractivity contribution in [2.24, 2.45) is 0 Å². The van der Waals surface area contributed by atoms with Gasteiger partial charge in [0.1, 0.15) is 10.6 Å². The van der Waals surface area contributed by atoms with E-state index in [0.29, 0.717) is 17.3 Å². The van der Waals surface area contributed by atoms with Crippen LogP contribution in [0.2, 0.25) is 0 Å². The normalized spacial score (nSPS) is 11.8. The standard InChI is InChI=1S/C23H21F3N6O3S/c1-14-15(2)30-32(16(14)3)22-13-12-21(28-29-22)27-17-8-10-18(11-9-17)31-36(33,34)20-7-5-4-6-19(20)35-23(24,25)26/h4-13,31H,1-3H3,(H,27,28). The van der Waals surface area contributed by atoms with Crippen molar-refractivity contribution in [3.05, 3.63) is 77.6 Å². The van der Waals surface area contributed by atoms with Crippen LogP contribution in [0.15, 0.2) is 65.6 Å². The molecule has 4 rings (SSSR count). The Labute approximate surface area is 205 Å². The topological polar surface area (TPSA) is 111 Å². The van der Waals surface area contributed by atoms with Crippen LogP contribution < -0.4 is 14.8 Å². The number of nitrogens with zero attached hydrogens (tertiary/aromatic N) is 4. The highest BCUT2D eigenvalue weighted by atomic mass is 32.2. The highest BCUT2D eigenvalue weighted by molar-refractivity contribution is 7.92. The molecule has 0 amide bonds. The number of aromatic nitrogens is 4. The molecule has 0 radical (unpaired) electrons. The number of nitrogens with one attached hydrogen (secondary N) is 2. The van der Waals surface area contributed by atoms with Crippen molar-refractivity contribution in [1.29, 1.82) is 0 Å². The Hall–Kier alpha value is -4.13. The molecule has 13 heteroatoms. The van der Waals surface area contributed by atoms with E-state index in [4.69, 9.17) is 0 Å². The van der Waals surface area contributed by atoms with Crippen molar-refractivity contribution in [3.63, 3.8) is 0 Å². The summed E-state index contributed by atoms with van der Waals surface area (Å²) in [6.07, 6.45) is -5.03. The lowest BCUT2D eigenvalue weighted by molar-refractivity contribution is -0.275. The summed E-state index contributed by atoms with van der Waals surface area (Å²) in [4.78, 5) is -0.641. The highest BCUT2D eigenvalue weighted by Gasteiger charge is 2.34. The van der Waals surface area contributed by atoms with Gasteiger partial charge in [-0.05, 0) is 74.9 Å². The molecule has 36 heavy (non-hydrogen) atoms. The third kappa shape index (κ3) is 5.57. The van der Waals surface area contributed by atoms with Crippen LogP contribution in [0, 0.1) is 20.8 Å². The summed E-state index contributed by atoms with van der Waals surface area (Å²) >= 11 is 0. The molecule has 2 N–H and O–H groups in total. The van der Waals surface area contributed by atoms with Gasteiger partial charge >= 0.3 is 6.36 Å². The molecule has 0 atom stereocenters. The number of hydrogen-bond acceptors (Lipinski definition) is 7. The third-order valence-electron chi connectivity index (χ3n) is 5.29. The molecule has 4 aromatic rings. The van der Waals surface area contributed by atoms with Gasteiger partial charge in [-0.25, -0.2) is 13.1 Å². The number of rotatable bonds is 7. The van der Waals surface area contributed by atoms with Crippen LogP contribution in [0.25, 0.3) is 5.82 Å². The second kappa shape index (κ2) is 9.49. The molecule has 0 saturated carbocycles. The van der Waals surface area contributed by atoms with Gasteiger partial charge in [-0.2, -0.15) is 5.10 Å².